The number of imide groups is 1. The van der Waals surface area contributed by atoms with E-state index in [-0.39, 0.29) is 17.9 Å². The Bertz CT molecular complexity index is 1310. The molecule has 3 heterocycles. The van der Waals surface area contributed by atoms with Gasteiger partial charge in [0.1, 0.15) is 11.6 Å². The fourth-order valence-electron chi connectivity index (χ4n) is 3.53. The SMILES string of the molecule is O=C1c2ccccc2C(=O)N1Cc1nc2ccccc2c(=O)n1-c1ccccn1. The number of fused-ring (bicyclic) bond motifs is 2. The van der Waals surface area contributed by atoms with Crippen LogP contribution in [0.25, 0.3) is 16.7 Å². The lowest BCUT2D eigenvalue weighted by Crippen LogP contribution is -2.34. The summed E-state index contributed by atoms with van der Waals surface area (Å²) < 4.78 is 1.35. The summed E-state index contributed by atoms with van der Waals surface area (Å²) in [5.41, 5.74) is 0.896. The monoisotopic (exact) mass is 382 g/mol. The molecule has 0 aliphatic carbocycles. The second kappa shape index (κ2) is 6.49. The predicted molar refractivity (Wildman–Crippen MR) is 106 cm³/mol. The van der Waals surface area contributed by atoms with Gasteiger partial charge in [0.25, 0.3) is 17.4 Å². The Labute approximate surface area is 164 Å². The topological polar surface area (TPSA) is 85.2 Å². The highest BCUT2D eigenvalue weighted by Crippen LogP contribution is 2.24. The lowest BCUT2D eigenvalue weighted by molar-refractivity contribution is 0.0637. The van der Waals surface area contributed by atoms with Crippen molar-refractivity contribution in [3.63, 3.8) is 0 Å². The molecule has 1 aliphatic heterocycles. The van der Waals surface area contributed by atoms with Crippen molar-refractivity contribution < 1.29 is 9.59 Å². The van der Waals surface area contributed by atoms with Gasteiger partial charge >= 0.3 is 0 Å². The molecule has 0 unspecified atom stereocenters. The number of hydrogen-bond donors (Lipinski definition) is 0. The Hall–Kier alpha value is -4.13. The molecule has 7 nitrogen and oxygen atoms in total. The quantitative estimate of drug-likeness (QED) is 0.509. The highest BCUT2D eigenvalue weighted by molar-refractivity contribution is 6.21. The van der Waals surface area contributed by atoms with E-state index in [0.29, 0.717) is 27.8 Å². The Morgan fingerprint density at radius 3 is 2.10 bits per heavy atom. The minimum Gasteiger partial charge on any atom is -0.269 e. The molecule has 4 aromatic rings. The van der Waals surface area contributed by atoms with Crippen LogP contribution in [0.3, 0.4) is 0 Å². The van der Waals surface area contributed by atoms with Gasteiger partial charge < -0.3 is 0 Å². The van der Waals surface area contributed by atoms with E-state index >= 15 is 0 Å². The van der Waals surface area contributed by atoms with Crippen LogP contribution in [0.15, 0.2) is 77.7 Å². The van der Waals surface area contributed by atoms with Gasteiger partial charge in [-0.05, 0) is 36.4 Å². The van der Waals surface area contributed by atoms with E-state index in [2.05, 4.69) is 9.97 Å². The minimum absolute atomic E-state index is 0.136. The zero-order chi connectivity index (χ0) is 20.0. The fraction of sp³-hybridized carbons (Fsp3) is 0.0455. The third-order valence-corrected chi connectivity index (χ3v) is 4.90. The maximum Gasteiger partial charge on any atom is 0.267 e. The summed E-state index contributed by atoms with van der Waals surface area (Å²) in [7, 11) is 0. The smallest absolute Gasteiger partial charge is 0.267 e. The summed E-state index contributed by atoms with van der Waals surface area (Å²) in [6, 6.07) is 18.8. The van der Waals surface area contributed by atoms with Crippen molar-refractivity contribution in [1.29, 1.82) is 0 Å². The first-order valence-corrected chi connectivity index (χ1v) is 9.02. The number of rotatable bonds is 3. The normalized spacial score (nSPS) is 13.2. The first kappa shape index (κ1) is 17.0. The number of nitrogens with zero attached hydrogens (tertiary/aromatic N) is 4. The molecule has 5 rings (SSSR count). The lowest BCUT2D eigenvalue weighted by Gasteiger charge is -2.17. The first-order valence-electron chi connectivity index (χ1n) is 9.02. The van der Waals surface area contributed by atoms with Gasteiger partial charge in [0.05, 0.1) is 28.6 Å². The van der Waals surface area contributed by atoms with Gasteiger partial charge in [0, 0.05) is 6.20 Å². The highest BCUT2D eigenvalue weighted by atomic mass is 16.2. The van der Waals surface area contributed by atoms with Crippen molar-refractivity contribution in [3.8, 4) is 5.82 Å². The molecule has 0 saturated heterocycles. The van der Waals surface area contributed by atoms with Crippen molar-refractivity contribution >= 4 is 22.7 Å². The molecule has 0 N–H and O–H groups in total. The van der Waals surface area contributed by atoms with E-state index in [4.69, 9.17) is 0 Å². The summed E-state index contributed by atoms with van der Waals surface area (Å²) >= 11 is 0. The molecular weight excluding hydrogens is 368 g/mol. The molecule has 7 heteroatoms. The van der Waals surface area contributed by atoms with Crippen molar-refractivity contribution in [2.24, 2.45) is 0 Å². The van der Waals surface area contributed by atoms with Crippen LogP contribution in [0.2, 0.25) is 0 Å². The number of amides is 2. The molecule has 1 aliphatic rings. The molecule has 140 valence electrons. The van der Waals surface area contributed by atoms with Crippen molar-refractivity contribution in [2.45, 2.75) is 6.54 Å². The fourth-order valence-corrected chi connectivity index (χ4v) is 3.53. The number of para-hydroxylation sites is 1. The Morgan fingerprint density at radius 1 is 0.759 bits per heavy atom. The average molecular weight is 382 g/mol. The van der Waals surface area contributed by atoms with Crippen LogP contribution < -0.4 is 5.56 Å². The van der Waals surface area contributed by atoms with Crippen LogP contribution in [-0.2, 0) is 6.54 Å². The Balaban J connectivity index is 1.69. The van der Waals surface area contributed by atoms with E-state index in [1.54, 1.807) is 72.9 Å². The largest absolute Gasteiger partial charge is 0.269 e. The van der Waals surface area contributed by atoms with E-state index in [9.17, 15) is 14.4 Å². The zero-order valence-electron chi connectivity index (χ0n) is 15.1. The maximum absolute atomic E-state index is 13.2. The molecule has 29 heavy (non-hydrogen) atoms. The molecule has 0 fully saturated rings. The second-order valence-electron chi connectivity index (χ2n) is 6.62. The molecular formula is C22H14N4O3. The van der Waals surface area contributed by atoms with E-state index in [1.165, 1.54) is 4.57 Å². The standard InChI is InChI=1S/C22H14N4O3/c27-20-14-7-1-2-8-15(14)21(28)25(20)13-19-24-17-10-4-3-9-16(17)22(29)26(19)18-11-5-6-12-23-18/h1-12H,13H2. The lowest BCUT2D eigenvalue weighted by atomic mass is 10.1. The van der Waals surface area contributed by atoms with Gasteiger partial charge in [0.15, 0.2) is 0 Å². The second-order valence-corrected chi connectivity index (χ2v) is 6.62. The molecule has 2 amide bonds. The van der Waals surface area contributed by atoms with Crippen LogP contribution in [0, 0.1) is 0 Å². The van der Waals surface area contributed by atoms with Gasteiger partial charge in [-0.2, -0.15) is 0 Å². The van der Waals surface area contributed by atoms with Gasteiger partial charge in [-0.1, -0.05) is 30.3 Å². The van der Waals surface area contributed by atoms with Gasteiger partial charge in [0.2, 0.25) is 0 Å². The van der Waals surface area contributed by atoms with Gasteiger partial charge in [-0.25, -0.2) is 14.5 Å². The van der Waals surface area contributed by atoms with Gasteiger partial charge in [-0.15, -0.1) is 0 Å². The summed E-state index contributed by atoms with van der Waals surface area (Å²) in [5, 5.41) is 0.435. The number of carbonyl (C=O) groups is 2. The third-order valence-electron chi connectivity index (χ3n) is 4.90. The molecule has 0 atom stereocenters. The molecule has 2 aromatic heterocycles. The number of aromatic nitrogens is 3. The average Bonchev–Trinajstić information content (AvgIpc) is 3.00. The first-order chi connectivity index (χ1) is 14.1. The number of hydrogen-bond acceptors (Lipinski definition) is 5. The van der Waals surface area contributed by atoms with Crippen LogP contribution in [0.5, 0.6) is 0 Å². The van der Waals surface area contributed by atoms with Gasteiger partial charge in [-0.3, -0.25) is 19.3 Å². The van der Waals surface area contributed by atoms with Crippen LogP contribution >= 0.6 is 0 Å². The highest BCUT2D eigenvalue weighted by Gasteiger charge is 2.36. The molecule has 0 spiro atoms. The third kappa shape index (κ3) is 2.63. The molecule has 0 bridgehead atoms. The van der Waals surface area contributed by atoms with E-state index in [1.807, 2.05) is 0 Å². The number of pyridine rings is 1. The summed E-state index contributed by atoms with van der Waals surface area (Å²) in [6.45, 7) is -0.136. The van der Waals surface area contributed by atoms with Crippen LogP contribution in [-0.4, -0.2) is 31.2 Å². The summed E-state index contributed by atoms with van der Waals surface area (Å²) in [4.78, 5) is 48.7. The van der Waals surface area contributed by atoms with E-state index in [0.717, 1.165) is 4.90 Å². The number of carbonyl (C=O) groups excluding carboxylic acids is 2. The summed E-state index contributed by atoms with van der Waals surface area (Å²) in [6.07, 6.45) is 1.57. The summed E-state index contributed by atoms with van der Waals surface area (Å²) in [5.74, 6) is -0.162. The van der Waals surface area contributed by atoms with Crippen molar-refractivity contribution in [1.82, 2.24) is 19.4 Å². The van der Waals surface area contributed by atoms with Crippen LogP contribution in [0.1, 0.15) is 26.5 Å². The van der Waals surface area contributed by atoms with Crippen molar-refractivity contribution in [2.75, 3.05) is 0 Å². The Kier molecular flexibility index (Phi) is 3.80. The maximum atomic E-state index is 13.2. The molecule has 2 aromatic carbocycles. The van der Waals surface area contributed by atoms with E-state index < -0.39 is 11.8 Å². The minimum atomic E-state index is -0.402. The molecule has 0 saturated carbocycles. The van der Waals surface area contributed by atoms with Crippen molar-refractivity contribution in [3.05, 3.63) is 100 Å². The predicted octanol–water partition coefficient (Wildman–Crippen LogP) is 2.58. The Morgan fingerprint density at radius 2 is 1.41 bits per heavy atom. The van der Waals surface area contributed by atoms with Crippen LogP contribution in [0.4, 0.5) is 0 Å². The number of benzene rings is 2. The molecule has 0 radical (unpaired) electrons. The zero-order valence-corrected chi connectivity index (χ0v) is 15.1.